The summed E-state index contributed by atoms with van der Waals surface area (Å²) in [6.45, 7) is 10.9. The van der Waals surface area contributed by atoms with Crippen molar-refractivity contribution in [2.75, 3.05) is 20.2 Å². The number of hydrogen-bond donors (Lipinski definition) is 0. The zero-order valence-corrected chi connectivity index (χ0v) is 16.8. The molecule has 27 heavy (non-hydrogen) atoms. The van der Waals surface area contributed by atoms with Crippen LogP contribution < -0.4 is 0 Å². The van der Waals surface area contributed by atoms with Crippen LogP contribution in [0.2, 0.25) is 0 Å². The molecular formula is C23H30N2O2. The molecule has 0 unspecified atom stereocenters. The van der Waals surface area contributed by atoms with Gasteiger partial charge in [0.25, 0.3) is 0 Å². The number of nitrogens with zero attached hydrogens (tertiary/aromatic N) is 2. The van der Waals surface area contributed by atoms with Crippen LogP contribution >= 0.6 is 0 Å². The van der Waals surface area contributed by atoms with Gasteiger partial charge >= 0.3 is 5.97 Å². The van der Waals surface area contributed by atoms with E-state index in [1.54, 1.807) is 0 Å². The Morgan fingerprint density at radius 2 is 1.63 bits per heavy atom. The van der Waals surface area contributed by atoms with Crippen LogP contribution in [0.25, 0.3) is 0 Å². The third kappa shape index (κ3) is 4.76. The molecule has 1 fully saturated rings. The number of carbonyl (C=O) groups is 1. The Morgan fingerprint density at radius 3 is 2.22 bits per heavy atom. The zero-order valence-electron chi connectivity index (χ0n) is 16.8. The molecule has 4 heteroatoms. The second-order valence-electron chi connectivity index (χ2n) is 7.68. The molecule has 144 valence electrons. The number of methoxy groups -OCH3 is 1. The first-order valence-electron chi connectivity index (χ1n) is 9.67. The maximum absolute atomic E-state index is 11.6. The van der Waals surface area contributed by atoms with Crippen LogP contribution in [0.1, 0.15) is 40.9 Å². The molecule has 1 heterocycles. The van der Waals surface area contributed by atoms with Crippen LogP contribution in [0.3, 0.4) is 0 Å². The zero-order chi connectivity index (χ0) is 19.4. The summed E-state index contributed by atoms with van der Waals surface area (Å²) in [6, 6.07) is 17.4. The maximum atomic E-state index is 11.6. The quantitative estimate of drug-likeness (QED) is 0.752. The fraction of sp³-hybridized carbons (Fsp3) is 0.435. The van der Waals surface area contributed by atoms with Crippen molar-refractivity contribution in [2.45, 2.75) is 45.9 Å². The number of rotatable bonds is 5. The molecule has 2 aromatic rings. The SMILES string of the molecule is COC(=O)c1ccc(CN2C[C@@H](C)N(Cc3ccccc3C)[C@@H](C)C2)cc1. The average molecular weight is 367 g/mol. The lowest BCUT2D eigenvalue weighted by atomic mass is 10.0. The minimum absolute atomic E-state index is 0.284. The van der Waals surface area contributed by atoms with Crippen molar-refractivity contribution >= 4 is 5.97 Å². The van der Waals surface area contributed by atoms with Crippen molar-refractivity contribution in [1.29, 1.82) is 0 Å². The van der Waals surface area contributed by atoms with E-state index >= 15 is 0 Å². The highest BCUT2D eigenvalue weighted by atomic mass is 16.5. The lowest BCUT2D eigenvalue weighted by Crippen LogP contribution is -2.55. The number of piperazine rings is 1. The first-order chi connectivity index (χ1) is 13.0. The van der Waals surface area contributed by atoms with Crippen molar-refractivity contribution in [1.82, 2.24) is 9.80 Å². The summed E-state index contributed by atoms with van der Waals surface area (Å²) in [7, 11) is 1.41. The summed E-state index contributed by atoms with van der Waals surface area (Å²) in [4.78, 5) is 16.7. The molecule has 1 saturated heterocycles. The van der Waals surface area contributed by atoms with E-state index in [-0.39, 0.29) is 5.97 Å². The molecular weight excluding hydrogens is 336 g/mol. The van der Waals surface area contributed by atoms with Gasteiger partial charge in [-0.2, -0.15) is 0 Å². The predicted molar refractivity (Wildman–Crippen MR) is 109 cm³/mol. The van der Waals surface area contributed by atoms with Crippen molar-refractivity contribution < 1.29 is 9.53 Å². The summed E-state index contributed by atoms with van der Waals surface area (Å²) in [5.41, 5.74) is 4.62. The van der Waals surface area contributed by atoms with Gasteiger partial charge in [0.05, 0.1) is 12.7 Å². The van der Waals surface area contributed by atoms with Gasteiger partial charge < -0.3 is 4.74 Å². The molecule has 1 aliphatic rings. The van der Waals surface area contributed by atoms with Crippen LogP contribution in [-0.2, 0) is 17.8 Å². The summed E-state index contributed by atoms with van der Waals surface area (Å²) >= 11 is 0. The number of ether oxygens (including phenoxy) is 1. The van der Waals surface area contributed by atoms with E-state index in [0.717, 1.165) is 26.2 Å². The van der Waals surface area contributed by atoms with Gasteiger partial charge in [0.1, 0.15) is 0 Å². The highest BCUT2D eigenvalue weighted by Gasteiger charge is 2.29. The summed E-state index contributed by atoms with van der Waals surface area (Å²) in [5.74, 6) is -0.284. The lowest BCUT2D eigenvalue weighted by molar-refractivity contribution is 0.0289. The molecule has 0 saturated carbocycles. The Bertz CT molecular complexity index is 760. The molecule has 0 amide bonds. The monoisotopic (exact) mass is 366 g/mol. The highest BCUT2D eigenvalue weighted by molar-refractivity contribution is 5.89. The summed E-state index contributed by atoms with van der Waals surface area (Å²) in [6.07, 6.45) is 0. The van der Waals surface area contributed by atoms with Gasteiger partial charge in [-0.05, 0) is 49.6 Å². The highest BCUT2D eigenvalue weighted by Crippen LogP contribution is 2.22. The molecule has 2 atom stereocenters. The van der Waals surface area contributed by atoms with E-state index in [2.05, 4.69) is 54.8 Å². The minimum Gasteiger partial charge on any atom is -0.465 e. The van der Waals surface area contributed by atoms with Crippen LogP contribution in [0.15, 0.2) is 48.5 Å². The number of carbonyl (C=O) groups excluding carboxylic acids is 1. The van der Waals surface area contributed by atoms with Crippen LogP contribution in [-0.4, -0.2) is 48.1 Å². The van der Waals surface area contributed by atoms with Gasteiger partial charge in [0.2, 0.25) is 0 Å². The minimum atomic E-state index is -0.284. The standard InChI is InChI=1S/C23H30N2O2/c1-17-7-5-6-8-22(17)16-25-18(2)13-24(14-19(25)3)15-20-9-11-21(12-10-20)23(26)27-4/h5-12,18-19H,13-16H2,1-4H3/t18-,19+. The van der Waals surface area contributed by atoms with E-state index in [4.69, 9.17) is 4.74 Å². The largest absolute Gasteiger partial charge is 0.465 e. The van der Waals surface area contributed by atoms with Crippen LogP contribution in [0, 0.1) is 6.92 Å². The molecule has 0 N–H and O–H groups in total. The fourth-order valence-corrected chi connectivity index (χ4v) is 4.01. The summed E-state index contributed by atoms with van der Waals surface area (Å²) < 4.78 is 4.77. The number of hydrogen-bond acceptors (Lipinski definition) is 4. The molecule has 0 aliphatic carbocycles. The van der Waals surface area contributed by atoms with Crippen molar-refractivity contribution in [3.63, 3.8) is 0 Å². The Morgan fingerprint density at radius 1 is 1.00 bits per heavy atom. The van der Waals surface area contributed by atoms with E-state index in [1.807, 2.05) is 24.3 Å². The van der Waals surface area contributed by atoms with E-state index in [1.165, 1.54) is 23.8 Å². The Labute approximate surface area is 162 Å². The van der Waals surface area contributed by atoms with Crippen LogP contribution in [0.5, 0.6) is 0 Å². The molecule has 2 aromatic carbocycles. The van der Waals surface area contributed by atoms with Gasteiger partial charge in [0.15, 0.2) is 0 Å². The summed E-state index contributed by atoms with van der Waals surface area (Å²) in [5, 5.41) is 0. The third-order valence-corrected chi connectivity index (χ3v) is 5.57. The lowest BCUT2D eigenvalue weighted by Gasteiger charge is -2.44. The first kappa shape index (κ1) is 19.6. The molecule has 1 aliphatic heterocycles. The van der Waals surface area contributed by atoms with Gasteiger partial charge in [-0.1, -0.05) is 36.4 Å². The smallest absolute Gasteiger partial charge is 0.337 e. The van der Waals surface area contributed by atoms with E-state index < -0.39 is 0 Å². The van der Waals surface area contributed by atoms with Crippen molar-refractivity contribution in [3.05, 3.63) is 70.8 Å². The number of aryl methyl sites for hydroxylation is 1. The third-order valence-electron chi connectivity index (χ3n) is 5.57. The van der Waals surface area contributed by atoms with Gasteiger partial charge in [-0.3, -0.25) is 9.80 Å². The van der Waals surface area contributed by atoms with Gasteiger partial charge in [-0.25, -0.2) is 4.79 Å². The predicted octanol–water partition coefficient (Wildman–Crippen LogP) is 3.88. The van der Waals surface area contributed by atoms with E-state index in [9.17, 15) is 4.79 Å². The van der Waals surface area contributed by atoms with Crippen molar-refractivity contribution in [3.8, 4) is 0 Å². The normalized spacial score (nSPS) is 21.2. The topological polar surface area (TPSA) is 32.8 Å². The molecule has 0 radical (unpaired) electrons. The fourth-order valence-electron chi connectivity index (χ4n) is 4.01. The van der Waals surface area contributed by atoms with Crippen LogP contribution in [0.4, 0.5) is 0 Å². The van der Waals surface area contributed by atoms with E-state index in [0.29, 0.717) is 17.6 Å². The molecule has 0 aromatic heterocycles. The van der Waals surface area contributed by atoms with Gasteiger partial charge in [-0.15, -0.1) is 0 Å². The maximum Gasteiger partial charge on any atom is 0.337 e. The number of benzene rings is 2. The van der Waals surface area contributed by atoms with Gasteiger partial charge in [0, 0.05) is 38.3 Å². The number of esters is 1. The van der Waals surface area contributed by atoms with Crippen molar-refractivity contribution in [2.24, 2.45) is 0 Å². The molecule has 3 rings (SSSR count). The first-order valence-corrected chi connectivity index (χ1v) is 9.67. The Hall–Kier alpha value is -2.17. The molecule has 4 nitrogen and oxygen atoms in total. The second kappa shape index (κ2) is 8.68. The Kier molecular flexibility index (Phi) is 6.30. The second-order valence-corrected chi connectivity index (χ2v) is 7.68. The Balaban J connectivity index is 1.61. The molecule has 0 bridgehead atoms. The molecule has 0 spiro atoms. The average Bonchev–Trinajstić information content (AvgIpc) is 2.66.